The molecule has 1 rings (SSSR count). The summed E-state index contributed by atoms with van der Waals surface area (Å²) in [4.78, 5) is 6.46. The Hall–Kier alpha value is -1.13. The molecule has 0 radical (unpaired) electrons. The summed E-state index contributed by atoms with van der Waals surface area (Å²) in [6.45, 7) is 6.03. The number of nitrogens with zero attached hydrogens (tertiary/aromatic N) is 2. The molecule has 0 aromatic heterocycles. The molecule has 1 aromatic rings. The largest absolute Gasteiger partial charge is 0.486 e. The number of methoxy groups -OCH3 is 1. The maximum atomic E-state index is 13.7. The maximum Gasteiger partial charge on any atom is 0.191 e. The molecule has 0 aliphatic rings. The lowest BCUT2D eigenvalue weighted by molar-refractivity contribution is 0.180. The third-order valence-corrected chi connectivity index (χ3v) is 3.98. The highest BCUT2D eigenvalue weighted by molar-refractivity contribution is 14.0. The fraction of sp³-hybridized carbons (Fsp3) is 0.632. The first-order valence-corrected chi connectivity index (χ1v) is 9.13. The molecule has 0 spiro atoms. The van der Waals surface area contributed by atoms with Gasteiger partial charge in [-0.25, -0.2) is 4.39 Å². The summed E-state index contributed by atoms with van der Waals surface area (Å²) in [5.74, 6) is 0.651. The third kappa shape index (κ3) is 11.3. The first-order valence-electron chi connectivity index (χ1n) is 9.13. The molecule has 1 unspecified atom stereocenters. The van der Waals surface area contributed by atoms with E-state index >= 15 is 0 Å². The van der Waals surface area contributed by atoms with Crippen molar-refractivity contribution in [1.82, 2.24) is 15.5 Å². The number of hydrogen-bond donors (Lipinski definition) is 2. The van der Waals surface area contributed by atoms with Crippen LogP contribution in [-0.4, -0.2) is 71.0 Å². The van der Waals surface area contributed by atoms with Crippen molar-refractivity contribution in [1.29, 1.82) is 0 Å². The zero-order valence-electron chi connectivity index (χ0n) is 16.8. The van der Waals surface area contributed by atoms with Crippen molar-refractivity contribution in [2.45, 2.75) is 25.9 Å². The topological polar surface area (TPSA) is 58.1 Å². The molecule has 1 atom stereocenters. The Morgan fingerprint density at radius 2 is 2.00 bits per heavy atom. The van der Waals surface area contributed by atoms with Crippen LogP contribution in [0.4, 0.5) is 4.39 Å². The summed E-state index contributed by atoms with van der Waals surface area (Å²) in [5, 5.41) is 6.52. The highest BCUT2D eigenvalue weighted by Gasteiger charge is 2.12. The average Bonchev–Trinajstić information content (AvgIpc) is 2.65. The normalized spacial score (nSPS) is 12.4. The van der Waals surface area contributed by atoms with E-state index in [4.69, 9.17) is 9.47 Å². The van der Waals surface area contributed by atoms with E-state index in [0.29, 0.717) is 12.5 Å². The predicted octanol–water partition coefficient (Wildman–Crippen LogP) is 2.73. The Labute approximate surface area is 179 Å². The van der Waals surface area contributed by atoms with Crippen LogP contribution in [0.2, 0.25) is 0 Å². The van der Waals surface area contributed by atoms with Gasteiger partial charge in [0.2, 0.25) is 0 Å². The molecule has 8 heteroatoms. The quantitative estimate of drug-likeness (QED) is 0.202. The maximum absolute atomic E-state index is 13.7. The van der Waals surface area contributed by atoms with Gasteiger partial charge in [-0.2, -0.15) is 0 Å². The van der Waals surface area contributed by atoms with Crippen molar-refractivity contribution in [2.24, 2.45) is 4.99 Å². The predicted molar refractivity (Wildman–Crippen MR) is 120 cm³/mol. The second-order valence-electron chi connectivity index (χ2n) is 6.11. The Bertz CT molecular complexity index is 534. The lowest BCUT2D eigenvalue weighted by Crippen LogP contribution is -2.44. The van der Waals surface area contributed by atoms with Gasteiger partial charge >= 0.3 is 0 Å². The summed E-state index contributed by atoms with van der Waals surface area (Å²) in [5.41, 5.74) is 0. The second kappa shape index (κ2) is 15.9. The van der Waals surface area contributed by atoms with Gasteiger partial charge in [-0.05, 0) is 32.0 Å². The number of aliphatic imine (C=N–C) groups is 1. The minimum absolute atomic E-state index is 0. The van der Waals surface area contributed by atoms with Crippen LogP contribution in [0, 0.1) is 5.82 Å². The molecule has 0 amide bonds. The van der Waals surface area contributed by atoms with Crippen LogP contribution in [-0.2, 0) is 4.74 Å². The fourth-order valence-corrected chi connectivity index (χ4v) is 2.38. The van der Waals surface area contributed by atoms with Gasteiger partial charge in [0.15, 0.2) is 17.5 Å². The van der Waals surface area contributed by atoms with Crippen LogP contribution in [0.5, 0.6) is 5.75 Å². The molecule has 1 aromatic carbocycles. The Kier molecular flexibility index (Phi) is 15.2. The van der Waals surface area contributed by atoms with Gasteiger partial charge in [-0.15, -0.1) is 24.0 Å². The smallest absolute Gasteiger partial charge is 0.191 e. The van der Waals surface area contributed by atoms with E-state index in [1.165, 1.54) is 6.07 Å². The summed E-state index contributed by atoms with van der Waals surface area (Å²) < 4.78 is 24.5. The van der Waals surface area contributed by atoms with Crippen molar-refractivity contribution in [3.05, 3.63) is 30.1 Å². The van der Waals surface area contributed by atoms with E-state index in [0.717, 1.165) is 39.1 Å². The van der Waals surface area contributed by atoms with Gasteiger partial charge in [0.05, 0.1) is 6.54 Å². The molecule has 2 N–H and O–H groups in total. The van der Waals surface area contributed by atoms with E-state index in [2.05, 4.69) is 27.6 Å². The SMILES string of the molecule is CCC(CNC(=NC)NCCN(C)CCCOC)Oc1ccccc1F.I. The molecule has 6 nitrogen and oxygen atoms in total. The van der Waals surface area contributed by atoms with Crippen LogP contribution in [0.1, 0.15) is 19.8 Å². The lowest BCUT2D eigenvalue weighted by atomic mass is 10.2. The van der Waals surface area contributed by atoms with Crippen LogP contribution < -0.4 is 15.4 Å². The third-order valence-electron chi connectivity index (χ3n) is 3.98. The van der Waals surface area contributed by atoms with Crippen molar-refractivity contribution < 1.29 is 13.9 Å². The molecule has 0 heterocycles. The van der Waals surface area contributed by atoms with E-state index in [1.54, 1.807) is 32.4 Å². The van der Waals surface area contributed by atoms with E-state index in [9.17, 15) is 4.39 Å². The zero-order valence-corrected chi connectivity index (χ0v) is 19.2. The molecule has 27 heavy (non-hydrogen) atoms. The monoisotopic (exact) mass is 496 g/mol. The highest BCUT2D eigenvalue weighted by Crippen LogP contribution is 2.17. The Morgan fingerprint density at radius 3 is 2.63 bits per heavy atom. The molecule has 0 saturated carbocycles. The first kappa shape index (κ1) is 25.9. The molecule has 0 fully saturated rings. The number of benzene rings is 1. The molecular formula is C19H34FIN4O2. The first-order chi connectivity index (χ1) is 12.6. The van der Waals surface area contributed by atoms with Gasteiger partial charge in [-0.3, -0.25) is 4.99 Å². The summed E-state index contributed by atoms with van der Waals surface area (Å²) in [7, 11) is 5.54. The van der Waals surface area contributed by atoms with E-state index in [1.807, 2.05) is 6.92 Å². The van der Waals surface area contributed by atoms with E-state index < -0.39 is 0 Å². The van der Waals surface area contributed by atoms with Gasteiger partial charge in [0.25, 0.3) is 0 Å². The molecule has 0 aliphatic heterocycles. The number of rotatable bonds is 12. The fourth-order valence-electron chi connectivity index (χ4n) is 2.38. The number of halogens is 2. The van der Waals surface area contributed by atoms with Gasteiger partial charge in [-0.1, -0.05) is 19.1 Å². The second-order valence-corrected chi connectivity index (χ2v) is 6.11. The minimum atomic E-state index is -0.343. The summed E-state index contributed by atoms with van der Waals surface area (Å²) in [6.07, 6.45) is 1.65. The van der Waals surface area contributed by atoms with Crippen LogP contribution >= 0.6 is 24.0 Å². The van der Waals surface area contributed by atoms with Crippen molar-refractivity contribution >= 4 is 29.9 Å². The van der Waals surface area contributed by atoms with Gasteiger partial charge < -0.3 is 25.0 Å². The Morgan fingerprint density at radius 1 is 1.26 bits per heavy atom. The highest BCUT2D eigenvalue weighted by atomic mass is 127. The molecule has 156 valence electrons. The Balaban J connectivity index is 0.00000676. The number of likely N-dealkylation sites (N-methyl/N-ethyl adjacent to an activating group) is 1. The molecule has 0 aliphatic carbocycles. The van der Waals surface area contributed by atoms with Crippen molar-refractivity contribution in [2.75, 3.05) is 54.0 Å². The lowest BCUT2D eigenvalue weighted by Gasteiger charge is -2.21. The number of para-hydroxylation sites is 1. The number of ether oxygens (including phenoxy) is 2. The number of hydrogen-bond acceptors (Lipinski definition) is 4. The minimum Gasteiger partial charge on any atom is -0.486 e. The summed E-state index contributed by atoms with van der Waals surface area (Å²) in [6, 6.07) is 6.46. The van der Waals surface area contributed by atoms with Crippen LogP contribution in [0.15, 0.2) is 29.3 Å². The average molecular weight is 496 g/mol. The van der Waals surface area contributed by atoms with Crippen molar-refractivity contribution in [3.63, 3.8) is 0 Å². The number of guanidine groups is 1. The van der Waals surface area contributed by atoms with Gasteiger partial charge in [0.1, 0.15) is 6.10 Å². The standard InChI is InChI=1S/C19H33FN4O2.HI/c1-5-16(26-18-10-7-6-9-17(18)20)15-23-19(21-2)22-11-13-24(3)12-8-14-25-4;/h6-7,9-10,16H,5,8,11-15H2,1-4H3,(H2,21,22,23);1H. The van der Waals surface area contributed by atoms with Crippen LogP contribution in [0.25, 0.3) is 0 Å². The van der Waals surface area contributed by atoms with Gasteiger partial charge in [0, 0.05) is 40.4 Å². The molecule has 0 bridgehead atoms. The molecular weight excluding hydrogens is 462 g/mol. The summed E-state index contributed by atoms with van der Waals surface area (Å²) >= 11 is 0. The molecule has 0 saturated heterocycles. The zero-order chi connectivity index (χ0) is 19.2. The number of nitrogens with one attached hydrogen (secondary N) is 2. The van der Waals surface area contributed by atoms with E-state index in [-0.39, 0.29) is 41.6 Å². The van der Waals surface area contributed by atoms with Crippen LogP contribution in [0.3, 0.4) is 0 Å². The van der Waals surface area contributed by atoms with Crippen molar-refractivity contribution in [3.8, 4) is 5.75 Å².